The summed E-state index contributed by atoms with van der Waals surface area (Å²) in [6.07, 6.45) is -1.04. The summed E-state index contributed by atoms with van der Waals surface area (Å²) in [5.41, 5.74) is 3.23. The fourth-order valence-corrected chi connectivity index (χ4v) is 6.13. The second-order valence-corrected chi connectivity index (χ2v) is 11.2. The highest BCUT2D eigenvalue weighted by molar-refractivity contribution is 5.88. The van der Waals surface area contributed by atoms with Crippen molar-refractivity contribution in [1.82, 2.24) is 4.90 Å². The summed E-state index contributed by atoms with van der Waals surface area (Å²) in [6.45, 7) is 5.80. The third kappa shape index (κ3) is 5.71. The van der Waals surface area contributed by atoms with Crippen molar-refractivity contribution in [3.05, 3.63) is 108 Å². The first kappa shape index (κ1) is 27.1. The number of β-lactam (4-membered cyclic amide) rings is 1. The van der Waals surface area contributed by atoms with E-state index in [0.29, 0.717) is 33.0 Å². The zero-order valence-corrected chi connectivity index (χ0v) is 23.1. The number of carbonyl (C=O) groups excluding carboxylic acids is 1. The van der Waals surface area contributed by atoms with Crippen LogP contribution in [0.4, 0.5) is 0 Å². The molecule has 3 aromatic carbocycles. The quantitative estimate of drug-likeness (QED) is 0.326. The van der Waals surface area contributed by atoms with Gasteiger partial charge in [0.2, 0.25) is 5.91 Å². The molecule has 0 aliphatic carbocycles. The highest BCUT2D eigenvalue weighted by atomic mass is 16.7. The van der Waals surface area contributed by atoms with E-state index in [9.17, 15) is 4.79 Å². The van der Waals surface area contributed by atoms with Gasteiger partial charge in [-0.15, -0.1) is 0 Å². The molecule has 0 saturated carbocycles. The van der Waals surface area contributed by atoms with Crippen LogP contribution in [0, 0.1) is 5.92 Å². The molecule has 0 N–H and O–H groups in total. The van der Waals surface area contributed by atoms with E-state index in [1.807, 2.05) is 110 Å². The molecule has 6 atom stereocenters. The summed E-state index contributed by atoms with van der Waals surface area (Å²) >= 11 is 0. The fraction of sp³-hybridized carbons (Fsp3) is 0.424. The monoisotopic (exact) mass is 543 g/mol. The van der Waals surface area contributed by atoms with Gasteiger partial charge in [-0.05, 0) is 30.5 Å². The Bertz CT molecular complexity index is 1250. The number of hydrogen-bond acceptors (Lipinski definition) is 6. The zero-order valence-electron chi connectivity index (χ0n) is 23.1. The number of ether oxygens (including phenoxy) is 5. The highest BCUT2D eigenvalue weighted by Crippen LogP contribution is 2.47. The molecule has 0 unspecified atom stereocenters. The molecule has 0 bridgehead atoms. The van der Waals surface area contributed by atoms with Crippen LogP contribution in [0.15, 0.2) is 91.0 Å². The SMILES string of the molecule is CC1(C)OC[C@@H]([C@@H]2C(=O)N3[C@@H]2[C@H](OCc2ccccc2)[C@@H](OCc2ccccc2)[C@@H]3COCc2ccccc2)O1. The molecule has 3 aromatic rings. The van der Waals surface area contributed by atoms with Crippen LogP contribution in [0.25, 0.3) is 0 Å². The van der Waals surface area contributed by atoms with Gasteiger partial charge in [0.25, 0.3) is 0 Å². The Morgan fingerprint density at radius 2 is 1.30 bits per heavy atom. The van der Waals surface area contributed by atoms with Gasteiger partial charge >= 0.3 is 0 Å². The lowest BCUT2D eigenvalue weighted by Crippen LogP contribution is -2.67. The van der Waals surface area contributed by atoms with Crippen molar-refractivity contribution in [2.45, 2.75) is 69.9 Å². The second kappa shape index (κ2) is 11.8. The number of hydrogen-bond donors (Lipinski definition) is 0. The number of rotatable bonds is 11. The first-order chi connectivity index (χ1) is 19.5. The number of benzene rings is 3. The normalized spacial score (nSPS) is 28.9. The van der Waals surface area contributed by atoms with Crippen LogP contribution in [-0.4, -0.2) is 60.2 Å². The molecule has 3 aliphatic rings. The minimum atomic E-state index is -0.716. The summed E-state index contributed by atoms with van der Waals surface area (Å²) in [7, 11) is 0. The largest absolute Gasteiger partial charge is 0.375 e. The van der Waals surface area contributed by atoms with E-state index in [1.165, 1.54) is 0 Å². The number of carbonyl (C=O) groups is 1. The van der Waals surface area contributed by atoms with Gasteiger partial charge in [0.05, 0.1) is 57.1 Å². The van der Waals surface area contributed by atoms with Crippen molar-refractivity contribution in [2.75, 3.05) is 13.2 Å². The van der Waals surface area contributed by atoms with Gasteiger partial charge < -0.3 is 28.6 Å². The van der Waals surface area contributed by atoms with Crippen molar-refractivity contribution in [2.24, 2.45) is 5.92 Å². The number of fused-ring (bicyclic) bond motifs is 1. The predicted molar refractivity (Wildman–Crippen MR) is 149 cm³/mol. The lowest BCUT2D eigenvalue weighted by Gasteiger charge is -2.48. The van der Waals surface area contributed by atoms with Gasteiger partial charge in [0.1, 0.15) is 12.2 Å². The summed E-state index contributed by atoms with van der Waals surface area (Å²) in [5.74, 6) is -1.03. The molecule has 1 amide bonds. The van der Waals surface area contributed by atoms with Crippen LogP contribution in [-0.2, 0) is 48.3 Å². The first-order valence-corrected chi connectivity index (χ1v) is 14.1. The lowest BCUT2D eigenvalue weighted by atomic mass is 9.82. The molecule has 40 heavy (non-hydrogen) atoms. The Hall–Kier alpha value is -3.07. The van der Waals surface area contributed by atoms with Crippen LogP contribution in [0.5, 0.6) is 0 Å². The van der Waals surface area contributed by atoms with Crippen molar-refractivity contribution in [3.8, 4) is 0 Å². The van der Waals surface area contributed by atoms with Crippen molar-refractivity contribution in [1.29, 1.82) is 0 Å². The minimum absolute atomic E-state index is 0.0451. The predicted octanol–water partition coefficient (Wildman–Crippen LogP) is 4.73. The zero-order chi connectivity index (χ0) is 27.5. The molecule has 3 heterocycles. The average Bonchev–Trinajstić information content (AvgIpc) is 3.46. The van der Waals surface area contributed by atoms with Gasteiger partial charge in [-0.1, -0.05) is 91.0 Å². The van der Waals surface area contributed by atoms with Crippen LogP contribution < -0.4 is 0 Å². The Labute approximate surface area is 235 Å². The standard InChI is InChI=1S/C33H37NO6/c1-33(2)39-22-27(40-33)28-29-31(38-20-25-16-10-5-11-17-25)30(37-19-24-14-8-4-9-15-24)26(34(29)32(28)35)21-36-18-23-12-6-3-7-13-23/h3-17,26-31H,18-22H2,1-2H3/t26-,27-,28-,29-,30-,31-/m0/s1. The van der Waals surface area contributed by atoms with E-state index in [4.69, 9.17) is 23.7 Å². The molecule has 7 nitrogen and oxygen atoms in total. The molecule has 0 spiro atoms. The smallest absolute Gasteiger partial charge is 0.231 e. The van der Waals surface area contributed by atoms with Crippen molar-refractivity contribution >= 4 is 5.91 Å². The maximum atomic E-state index is 13.7. The topological polar surface area (TPSA) is 66.5 Å². The van der Waals surface area contributed by atoms with Crippen LogP contribution in [0.3, 0.4) is 0 Å². The van der Waals surface area contributed by atoms with Gasteiger partial charge in [-0.3, -0.25) is 4.79 Å². The Morgan fingerprint density at radius 1 is 0.775 bits per heavy atom. The molecule has 3 saturated heterocycles. The van der Waals surface area contributed by atoms with Gasteiger partial charge in [-0.25, -0.2) is 0 Å². The summed E-state index contributed by atoms with van der Waals surface area (Å²) < 4.78 is 31.5. The first-order valence-electron chi connectivity index (χ1n) is 14.1. The molecular formula is C33H37NO6. The molecule has 0 aromatic heterocycles. The maximum absolute atomic E-state index is 13.7. The summed E-state index contributed by atoms with van der Waals surface area (Å²) in [4.78, 5) is 15.7. The van der Waals surface area contributed by atoms with Crippen LogP contribution >= 0.6 is 0 Å². The third-order valence-corrected chi connectivity index (χ3v) is 8.03. The van der Waals surface area contributed by atoms with E-state index in [-0.39, 0.29) is 42.2 Å². The van der Waals surface area contributed by atoms with Crippen molar-refractivity contribution < 1.29 is 28.5 Å². The Kier molecular flexibility index (Phi) is 8.01. The molecular weight excluding hydrogens is 506 g/mol. The lowest BCUT2D eigenvalue weighted by molar-refractivity contribution is -0.185. The highest BCUT2D eigenvalue weighted by Gasteiger charge is 2.67. The fourth-order valence-electron chi connectivity index (χ4n) is 6.13. The van der Waals surface area contributed by atoms with Gasteiger partial charge in [0.15, 0.2) is 5.79 Å². The molecule has 7 heteroatoms. The van der Waals surface area contributed by atoms with Crippen LogP contribution in [0.1, 0.15) is 30.5 Å². The van der Waals surface area contributed by atoms with Crippen molar-refractivity contribution in [3.63, 3.8) is 0 Å². The molecule has 0 radical (unpaired) electrons. The van der Waals surface area contributed by atoms with E-state index in [1.54, 1.807) is 0 Å². The third-order valence-electron chi connectivity index (χ3n) is 8.03. The molecule has 3 aliphatic heterocycles. The van der Waals surface area contributed by atoms with E-state index < -0.39 is 5.79 Å². The molecule has 6 rings (SSSR count). The van der Waals surface area contributed by atoms with Crippen LogP contribution in [0.2, 0.25) is 0 Å². The minimum Gasteiger partial charge on any atom is -0.375 e. The number of amides is 1. The molecule has 210 valence electrons. The summed E-state index contributed by atoms with van der Waals surface area (Å²) in [5, 5.41) is 0. The van der Waals surface area contributed by atoms with E-state index in [2.05, 4.69) is 0 Å². The van der Waals surface area contributed by atoms with Gasteiger partial charge in [0, 0.05) is 0 Å². The average molecular weight is 544 g/mol. The summed E-state index contributed by atoms with van der Waals surface area (Å²) in [6, 6.07) is 29.8. The Morgan fingerprint density at radius 3 is 1.82 bits per heavy atom. The van der Waals surface area contributed by atoms with E-state index >= 15 is 0 Å². The van der Waals surface area contributed by atoms with Gasteiger partial charge in [-0.2, -0.15) is 0 Å². The maximum Gasteiger partial charge on any atom is 0.231 e. The Balaban J connectivity index is 1.26. The molecule has 3 fully saturated rings. The van der Waals surface area contributed by atoms with E-state index in [0.717, 1.165) is 16.7 Å². The second-order valence-electron chi connectivity index (χ2n) is 11.2. The number of nitrogens with zero attached hydrogens (tertiary/aromatic N) is 1.